The van der Waals surface area contributed by atoms with Crippen LogP contribution in [0.4, 0.5) is 4.39 Å². The van der Waals surface area contributed by atoms with Gasteiger partial charge in [-0.05, 0) is 38.3 Å². The molecule has 0 saturated carbocycles. The van der Waals surface area contributed by atoms with Gasteiger partial charge in [0.05, 0.1) is 12.6 Å². The zero-order chi connectivity index (χ0) is 18.3. The Morgan fingerprint density at radius 2 is 1.92 bits per heavy atom. The fraction of sp³-hybridized carbons (Fsp3) is 0.650. The molecule has 4 nitrogen and oxygen atoms in total. The molecule has 0 atom stereocenters. The predicted molar refractivity (Wildman–Crippen MR) is 117 cm³/mol. The highest BCUT2D eigenvalue weighted by molar-refractivity contribution is 14.0. The summed E-state index contributed by atoms with van der Waals surface area (Å²) in [5.74, 6) is 0.757. The van der Waals surface area contributed by atoms with E-state index in [1.165, 1.54) is 6.07 Å². The molecule has 0 aliphatic carbocycles. The van der Waals surface area contributed by atoms with Crippen LogP contribution in [0.5, 0.6) is 0 Å². The summed E-state index contributed by atoms with van der Waals surface area (Å²) < 4.78 is 19.9. The summed E-state index contributed by atoms with van der Waals surface area (Å²) >= 11 is 0. The topological polar surface area (TPSA) is 36.9 Å². The van der Waals surface area contributed by atoms with Crippen molar-refractivity contribution in [3.05, 3.63) is 35.6 Å². The van der Waals surface area contributed by atoms with Crippen molar-refractivity contribution in [2.75, 3.05) is 32.8 Å². The number of nitrogens with one attached hydrogen (secondary N) is 1. The molecule has 2 rings (SSSR count). The first kappa shape index (κ1) is 23.1. The number of nitrogens with zero attached hydrogens (tertiary/aromatic N) is 2. The van der Waals surface area contributed by atoms with Crippen LogP contribution in [-0.4, -0.2) is 49.7 Å². The second kappa shape index (κ2) is 11.1. The van der Waals surface area contributed by atoms with Gasteiger partial charge in [0.1, 0.15) is 5.82 Å². The molecule has 1 aliphatic rings. The first-order valence-electron chi connectivity index (χ1n) is 9.37. The SMILES string of the molecule is CCNC(=NCC(C)(C)c1ccccc1F)N1CCC(OCC)CC1.I. The molecule has 1 fully saturated rings. The van der Waals surface area contributed by atoms with Crippen molar-refractivity contribution in [3.63, 3.8) is 0 Å². The quantitative estimate of drug-likeness (QED) is 0.380. The average Bonchev–Trinajstić information content (AvgIpc) is 2.60. The first-order valence-corrected chi connectivity index (χ1v) is 9.37. The molecule has 26 heavy (non-hydrogen) atoms. The molecule has 1 N–H and O–H groups in total. The lowest BCUT2D eigenvalue weighted by Crippen LogP contribution is -2.47. The highest BCUT2D eigenvalue weighted by Gasteiger charge is 2.26. The highest BCUT2D eigenvalue weighted by Crippen LogP contribution is 2.26. The molecule has 1 heterocycles. The van der Waals surface area contributed by atoms with Gasteiger partial charge in [0.2, 0.25) is 0 Å². The van der Waals surface area contributed by atoms with Gasteiger partial charge in [-0.1, -0.05) is 32.0 Å². The van der Waals surface area contributed by atoms with Gasteiger partial charge < -0.3 is 15.0 Å². The van der Waals surface area contributed by atoms with E-state index in [4.69, 9.17) is 9.73 Å². The van der Waals surface area contributed by atoms with Crippen molar-refractivity contribution in [1.29, 1.82) is 0 Å². The van der Waals surface area contributed by atoms with Crippen LogP contribution < -0.4 is 5.32 Å². The second-order valence-electron chi connectivity index (χ2n) is 7.18. The van der Waals surface area contributed by atoms with Gasteiger partial charge in [-0.3, -0.25) is 4.99 Å². The van der Waals surface area contributed by atoms with E-state index < -0.39 is 0 Å². The van der Waals surface area contributed by atoms with Crippen molar-refractivity contribution in [1.82, 2.24) is 10.2 Å². The maximum Gasteiger partial charge on any atom is 0.193 e. The van der Waals surface area contributed by atoms with E-state index in [2.05, 4.69) is 17.1 Å². The summed E-state index contributed by atoms with van der Waals surface area (Å²) in [7, 11) is 0. The number of rotatable bonds is 6. The Labute approximate surface area is 174 Å². The van der Waals surface area contributed by atoms with Crippen LogP contribution in [0.25, 0.3) is 0 Å². The van der Waals surface area contributed by atoms with E-state index in [0.717, 1.165) is 45.0 Å². The molecule has 0 radical (unpaired) electrons. The minimum atomic E-state index is -0.352. The van der Waals surface area contributed by atoms with Crippen LogP contribution in [-0.2, 0) is 10.2 Å². The highest BCUT2D eigenvalue weighted by atomic mass is 127. The molecule has 148 valence electrons. The molecule has 1 aliphatic heterocycles. The van der Waals surface area contributed by atoms with Crippen molar-refractivity contribution in [2.24, 2.45) is 4.99 Å². The van der Waals surface area contributed by atoms with Crippen LogP contribution in [0.15, 0.2) is 29.3 Å². The molecular weight excluding hydrogens is 444 g/mol. The summed E-state index contributed by atoms with van der Waals surface area (Å²) in [5, 5.41) is 3.38. The third kappa shape index (κ3) is 6.37. The second-order valence-corrected chi connectivity index (χ2v) is 7.18. The number of hydrogen-bond donors (Lipinski definition) is 1. The maximum absolute atomic E-state index is 14.1. The van der Waals surface area contributed by atoms with Gasteiger partial charge in [0.25, 0.3) is 0 Å². The van der Waals surface area contributed by atoms with Crippen molar-refractivity contribution in [3.8, 4) is 0 Å². The number of hydrogen-bond acceptors (Lipinski definition) is 2. The molecule has 0 bridgehead atoms. The number of piperidine rings is 1. The van der Waals surface area contributed by atoms with E-state index in [1.807, 2.05) is 32.9 Å². The molecular formula is C20H33FIN3O. The van der Waals surface area contributed by atoms with Gasteiger partial charge >= 0.3 is 0 Å². The van der Waals surface area contributed by atoms with E-state index >= 15 is 0 Å². The standard InChI is InChI=1S/C20H32FN3O.HI/c1-5-22-19(24-13-11-16(12-14-24)25-6-2)23-15-20(3,4)17-9-7-8-10-18(17)21;/h7-10,16H,5-6,11-15H2,1-4H3,(H,22,23);1H. The molecule has 6 heteroatoms. The fourth-order valence-corrected chi connectivity index (χ4v) is 3.26. The Hall–Kier alpha value is -0.890. The lowest BCUT2D eigenvalue weighted by Gasteiger charge is -2.34. The lowest BCUT2D eigenvalue weighted by molar-refractivity contribution is 0.0263. The Morgan fingerprint density at radius 3 is 2.50 bits per heavy atom. The van der Waals surface area contributed by atoms with Gasteiger partial charge in [-0.25, -0.2) is 4.39 Å². The summed E-state index contributed by atoms with van der Waals surface area (Å²) in [5.41, 5.74) is 0.361. The van der Waals surface area contributed by atoms with Crippen molar-refractivity contribution < 1.29 is 9.13 Å². The van der Waals surface area contributed by atoms with Crippen molar-refractivity contribution >= 4 is 29.9 Å². The Morgan fingerprint density at radius 1 is 1.27 bits per heavy atom. The zero-order valence-corrected chi connectivity index (χ0v) is 18.8. The van der Waals surface area contributed by atoms with Crippen LogP contribution >= 0.6 is 24.0 Å². The van der Waals surface area contributed by atoms with Gasteiger partial charge in [-0.2, -0.15) is 0 Å². The fourth-order valence-electron chi connectivity index (χ4n) is 3.26. The van der Waals surface area contributed by atoms with Crippen LogP contribution in [0.2, 0.25) is 0 Å². The molecule has 1 saturated heterocycles. The zero-order valence-electron chi connectivity index (χ0n) is 16.4. The average molecular weight is 477 g/mol. The van der Waals surface area contributed by atoms with E-state index in [9.17, 15) is 4.39 Å². The van der Waals surface area contributed by atoms with Gasteiger partial charge in [0, 0.05) is 31.7 Å². The van der Waals surface area contributed by atoms with Crippen LogP contribution in [0, 0.1) is 5.82 Å². The number of aliphatic imine (C=N–C) groups is 1. The third-order valence-corrected chi connectivity index (χ3v) is 4.71. The summed E-state index contributed by atoms with van der Waals surface area (Å²) in [6.07, 6.45) is 2.41. The Kier molecular flexibility index (Phi) is 9.85. The summed E-state index contributed by atoms with van der Waals surface area (Å²) in [6, 6.07) is 6.98. The van der Waals surface area contributed by atoms with Crippen LogP contribution in [0.3, 0.4) is 0 Å². The minimum absolute atomic E-state index is 0. The van der Waals surface area contributed by atoms with E-state index in [-0.39, 0.29) is 35.2 Å². The molecule has 0 unspecified atom stereocenters. The number of guanidine groups is 1. The third-order valence-electron chi connectivity index (χ3n) is 4.71. The van der Waals surface area contributed by atoms with Gasteiger partial charge in [-0.15, -0.1) is 24.0 Å². The normalized spacial score (nSPS) is 16.3. The van der Waals surface area contributed by atoms with Crippen molar-refractivity contribution in [2.45, 2.75) is 52.1 Å². The molecule has 1 aromatic rings. The molecule has 0 aromatic heterocycles. The Bertz CT molecular complexity index is 572. The molecule has 0 amide bonds. The predicted octanol–water partition coefficient (Wildman–Crippen LogP) is 4.19. The largest absolute Gasteiger partial charge is 0.378 e. The first-order chi connectivity index (χ1) is 12.0. The smallest absolute Gasteiger partial charge is 0.193 e. The van der Waals surface area contributed by atoms with Gasteiger partial charge in [0.15, 0.2) is 5.96 Å². The number of benzene rings is 1. The van der Waals surface area contributed by atoms with Crippen LogP contribution in [0.1, 0.15) is 46.1 Å². The Balaban J connectivity index is 0.00000338. The number of halogens is 2. The molecule has 0 spiro atoms. The summed E-state index contributed by atoms with van der Waals surface area (Å²) in [6.45, 7) is 12.2. The minimum Gasteiger partial charge on any atom is -0.378 e. The maximum atomic E-state index is 14.1. The monoisotopic (exact) mass is 477 g/mol. The molecule has 1 aromatic carbocycles. The number of likely N-dealkylation sites (tertiary alicyclic amines) is 1. The van der Waals surface area contributed by atoms with E-state index in [1.54, 1.807) is 6.07 Å². The number of ether oxygens (including phenoxy) is 1. The lowest BCUT2D eigenvalue weighted by atomic mass is 9.84. The summed E-state index contributed by atoms with van der Waals surface area (Å²) in [4.78, 5) is 7.11. The van der Waals surface area contributed by atoms with E-state index in [0.29, 0.717) is 18.2 Å².